The maximum Gasteiger partial charge on any atom is 1.00 e. The molecule has 0 saturated heterocycles. The van der Waals surface area contributed by atoms with E-state index in [1.54, 1.807) is 0 Å². The normalized spacial score (nSPS) is 10.5. The molecular formula is C6H3ClNNaO5S. The molecule has 0 aromatic heterocycles. The third-order valence-electron chi connectivity index (χ3n) is 1.41. The average Bonchev–Trinajstić information content (AvgIpc) is 2.01. The van der Waals surface area contributed by atoms with Crippen LogP contribution >= 0.6 is 11.6 Å². The van der Waals surface area contributed by atoms with Crippen molar-refractivity contribution in [3.63, 3.8) is 0 Å². The molecule has 0 spiro atoms. The summed E-state index contributed by atoms with van der Waals surface area (Å²) in [5, 5.41) is 9.67. The molecule has 15 heavy (non-hydrogen) atoms. The van der Waals surface area contributed by atoms with E-state index in [1.807, 2.05) is 0 Å². The summed E-state index contributed by atoms with van der Waals surface area (Å²) in [4.78, 5) is 8.68. The van der Waals surface area contributed by atoms with Crippen molar-refractivity contribution in [3.05, 3.63) is 33.3 Å². The van der Waals surface area contributed by atoms with E-state index in [4.69, 9.17) is 11.6 Å². The minimum atomic E-state index is -4.78. The molecule has 0 heterocycles. The van der Waals surface area contributed by atoms with Crippen molar-refractivity contribution in [2.45, 2.75) is 4.90 Å². The number of rotatable bonds is 2. The zero-order valence-electron chi connectivity index (χ0n) is 7.51. The number of benzene rings is 1. The molecule has 0 aliphatic heterocycles. The summed E-state index contributed by atoms with van der Waals surface area (Å²) < 4.78 is 31.7. The second-order valence-electron chi connectivity index (χ2n) is 2.30. The number of nitrogens with zero attached hydrogens (tertiary/aromatic N) is 1. The third-order valence-corrected chi connectivity index (χ3v) is 2.80. The van der Waals surface area contributed by atoms with E-state index in [0.29, 0.717) is 0 Å². The molecule has 0 fully saturated rings. The average molecular weight is 260 g/mol. The van der Waals surface area contributed by atoms with E-state index < -0.39 is 30.6 Å². The van der Waals surface area contributed by atoms with Crippen LogP contribution in [0.4, 0.5) is 5.69 Å². The fraction of sp³-hybridized carbons (Fsp3) is 0. The predicted molar refractivity (Wildman–Crippen MR) is 46.1 cm³/mol. The van der Waals surface area contributed by atoms with Crippen LogP contribution in [0, 0.1) is 10.1 Å². The van der Waals surface area contributed by atoms with Gasteiger partial charge in [-0.3, -0.25) is 10.1 Å². The zero-order chi connectivity index (χ0) is 10.9. The Labute approximate surface area is 112 Å². The van der Waals surface area contributed by atoms with Gasteiger partial charge in [-0.15, -0.1) is 0 Å². The fourth-order valence-corrected chi connectivity index (χ4v) is 1.88. The molecule has 0 atom stereocenters. The first-order chi connectivity index (χ1) is 6.34. The molecule has 0 aliphatic carbocycles. The van der Waals surface area contributed by atoms with Gasteiger partial charge < -0.3 is 4.55 Å². The smallest absolute Gasteiger partial charge is 0.744 e. The first-order valence-electron chi connectivity index (χ1n) is 3.23. The molecule has 0 saturated carbocycles. The minimum Gasteiger partial charge on any atom is -0.744 e. The van der Waals surface area contributed by atoms with Gasteiger partial charge in [0.2, 0.25) is 0 Å². The number of hydrogen-bond acceptors (Lipinski definition) is 5. The maximum atomic E-state index is 10.6. The molecule has 0 unspecified atom stereocenters. The van der Waals surface area contributed by atoms with Crippen LogP contribution in [0.1, 0.15) is 0 Å². The van der Waals surface area contributed by atoms with Crippen LogP contribution in [0.5, 0.6) is 0 Å². The Morgan fingerprint density at radius 2 is 1.87 bits per heavy atom. The largest absolute Gasteiger partial charge is 1.00 e. The zero-order valence-corrected chi connectivity index (χ0v) is 11.1. The number of halogens is 1. The second kappa shape index (κ2) is 5.24. The molecule has 1 rings (SSSR count). The molecule has 0 amide bonds. The van der Waals surface area contributed by atoms with Gasteiger partial charge in [0.05, 0.1) is 9.82 Å². The Hall–Kier alpha value is -0.180. The van der Waals surface area contributed by atoms with Crippen LogP contribution in [0.3, 0.4) is 0 Å². The summed E-state index contributed by atoms with van der Waals surface area (Å²) in [6, 6.07) is 3.00. The molecule has 0 aliphatic rings. The van der Waals surface area contributed by atoms with Gasteiger partial charge in [-0.2, -0.15) is 0 Å². The van der Waals surface area contributed by atoms with Crippen molar-refractivity contribution in [1.29, 1.82) is 0 Å². The molecular weight excluding hydrogens is 257 g/mol. The van der Waals surface area contributed by atoms with Crippen LogP contribution < -0.4 is 29.6 Å². The number of hydrogen-bond donors (Lipinski definition) is 0. The van der Waals surface area contributed by atoms with E-state index in [1.165, 1.54) is 0 Å². The Morgan fingerprint density at radius 3 is 2.27 bits per heavy atom. The predicted octanol–water partition coefficient (Wildman–Crippen LogP) is -1.84. The Kier molecular flexibility index (Phi) is 5.18. The Morgan fingerprint density at radius 1 is 1.33 bits per heavy atom. The van der Waals surface area contributed by atoms with Crippen LogP contribution in [-0.2, 0) is 10.1 Å². The van der Waals surface area contributed by atoms with Gasteiger partial charge in [-0.05, 0) is 6.07 Å². The topological polar surface area (TPSA) is 100 Å². The summed E-state index contributed by atoms with van der Waals surface area (Å²) >= 11 is 5.37. The molecule has 6 nitrogen and oxygen atoms in total. The molecule has 1 aromatic carbocycles. The van der Waals surface area contributed by atoms with E-state index in [0.717, 1.165) is 18.2 Å². The van der Waals surface area contributed by atoms with E-state index >= 15 is 0 Å². The minimum absolute atomic E-state index is 0. The van der Waals surface area contributed by atoms with Crippen molar-refractivity contribution in [1.82, 2.24) is 0 Å². The van der Waals surface area contributed by atoms with Crippen molar-refractivity contribution in [3.8, 4) is 0 Å². The van der Waals surface area contributed by atoms with Crippen molar-refractivity contribution >= 4 is 27.4 Å². The maximum absolute atomic E-state index is 10.6. The van der Waals surface area contributed by atoms with Gasteiger partial charge in [0, 0.05) is 6.07 Å². The van der Waals surface area contributed by atoms with Crippen LogP contribution in [0.15, 0.2) is 23.1 Å². The van der Waals surface area contributed by atoms with Gasteiger partial charge in [-0.1, -0.05) is 17.7 Å². The van der Waals surface area contributed by atoms with Gasteiger partial charge >= 0.3 is 29.6 Å². The van der Waals surface area contributed by atoms with Gasteiger partial charge in [0.15, 0.2) is 0 Å². The summed E-state index contributed by atoms with van der Waals surface area (Å²) in [7, 11) is -4.78. The van der Waals surface area contributed by atoms with Crippen LogP contribution in [0.2, 0.25) is 5.02 Å². The van der Waals surface area contributed by atoms with Gasteiger partial charge in [0.25, 0.3) is 5.69 Å². The van der Waals surface area contributed by atoms with Gasteiger partial charge in [-0.25, -0.2) is 8.42 Å². The van der Waals surface area contributed by atoms with E-state index in [2.05, 4.69) is 0 Å². The molecule has 0 bridgehead atoms. The second-order valence-corrected chi connectivity index (χ2v) is 4.03. The first-order valence-corrected chi connectivity index (χ1v) is 5.01. The molecule has 0 N–H and O–H groups in total. The molecule has 0 radical (unpaired) electrons. The number of nitro groups is 1. The summed E-state index contributed by atoms with van der Waals surface area (Å²) in [5.41, 5.74) is -0.608. The Bertz CT molecular complexity index is 488. The monoisotopic (exact) mass is 259 g/mol. The first kappa shape index (κ1) is 14.8. The Balaban J connectivity index is 0.00000196. The van der Waals surface area contributed by atoms with Crippen molar-refractivity contribution < 1.29 is 47.5 Å². The quantitative estimate of drug-likeness (QED) is 0.269. The molecule has 76 valence electrons. The van der Waals surface area contributed by atoms with E-state index in [-0.39, 0.29) is 29.6 Å². The van der Waals surface area contributed by atoms with Gasteiger partial charge in [0.1, 0.15) is 15.1 Å². The molecule has 9 heteroatoms. The van der Waals surface area contributed by atoms with Crippen LogP contribution in [0.25, 0.3) is 0 Å². The fourth-order valence-electron chi connectivity index (χ4n) is 0.833. The summed E-state index contributed by atoms with van der Waals surface area (Å²) in [6.45, 7) is 0. The van der Waals surface area contributed by atoms with Crippen LogP contribution in [-0.4, -0.2) is 17.9 Å². The van der Waals surface area contributed by atoms with E-state index in [9.17, 15) is 23.1 Å². The molecule has 1 aromatic rings. The third kappa shape index (κ3) is 3.40. The number of nitro benzene ring substituents is 1. The SMILES string of the molecule is O=[N+]([O-])c1cccc(S(=O)(=O)[O-])c1Cl.[Na+]. The van der Waals surface area contributed by atoms with Crippen molar-refractivity contribution in [2.24, 2.45) is 0 Å². The standard InChI is InChI=1S/C6H4ClNO5S.Na/c7-6-4(8(9)10)2-1-3-5(6)14(11,12)13;/h1-3H,(H,11,12,13);/q;+1/p-1. The summed E-state index contributed by atoms with van der Waals surface area (Å²) in [5.74, 6) is 0. The van der Waals surface area contributed by atoms with Crippen molar-refractivity contribution in [2.75, 3.05) is 0 Å². The summed E-state index contributed by atoms with van der Waals surface area (Å²) in [6.07, 6.45) is 0.